The normalized spacial score (nSPS) is 14.2. The topological polar surface area (TPSA) is 80.2 Å². The van der Waals surface area contributed by atoms with Crippen LogP contribution in [0.4, 0.5) is 5.69 Å². The van der Waals surface area contributed by atoms with Crippen LogP contribution in [0.1, 0.15) is 5.56 Å². The number of nitrogens with one attached hydrogen (secondary N) is 1. The largest absolute Gasteiger partial charge is 0.497 e. The molecule has 0 aliphatic carbocycles. The highest BCUT2D eigenvalue weighted by molar-refractivity contribution is 8.14. The summed E-state index contributed by atoms with van der Waals surface area (Å²) in [5.74, 6) is 2.92. The molecule has 0 atom stereocenters. The number of hydrogen-bond donors (Lipinski definition) is 1. The van der Waals surface area contributed by atoms with Crippen LogP contribution in [0.25, 0.3) is 6.08 Å². The van der Waals surface area contributed by atoms with Gasteiger partial charge in [-0.1, -0.05) is 41.4 Å². The molecule has 1 heterocycles. The van der Waals surface area contributed by atoms with E-state index in [9.17, 15) is 9.59 Å². The van der Waals surface area contributed by atoms with Gasteiger partial charge in [-0.15, -0.1) is 6.42 Å². The van der Waals surface area contributed by atoms with Crippen LogP contribution in [0, 0.1) is 12.3 Å². The summed E-state index contributed by atoms with van der Waals surface area (Å²) in [7, 11) is 3.07. The Hall–Kier alpha value is -3.41. The quantitative estimate of drug-likeness (QED) is 0.495. The number of benzene rings is 2. The Labute approximate surface area is 195 Å². The number of rotatable bonds is 7. The standard InChI is InChI=1S/C23H20ClN3O4S/c1-4-11-25-21(28)14-32-23-26-19(12-15-5-8-17(30-2)9-6-15)22(29)27(23)16-7-10-18(24)20(13-16)31-3/h1,5-10,12-13H,11,14H2,2-3H3,(H,25,28)/b19-12-. The highest BCUT2D eigenvalue weighted by Gasteiger charge is 2.32. The van der Waals surface area contributed by atoms with E-state index in [1.807, 2.05) is 12.1 Å². The molecule has 9 heteroatoms. The van der Waals surface area contributed by atoms with Gasteiger partial charge in [-0.05, 0) is 35.9 Å². The SMILES string of the molecule is C#CCNC(=O)CSC1=N/C(=C\c2ccc(OC)cc2)C(=O)N1c1ccc(Cl)c(OC)c1. The van der Waals surface area contributed by atoms with Crippen molar-refractivity contribution >= 4 is 52.1 Å². The first-order chi connectivity index (χ1) is 15.5. The summed E-state index contributed by atoms with van der Waals surface area (Å²) in [6, 6.07) is 12.2. The molecule has 0 radical (unpaired) electrons. The second kappa shape index (κ2) is 10.8. The average Bonchev–Trinajstić information content (AvgIpc) is 3.12. The second-order valence-corrected chi connectivity index (χ2v) is 7.78. The Balaban J connectivity index is 1.93. The third kappa shape index (κ3) is 5.44. The van der Waals surface area contributed by atoms with Gasteiger partial charge in [-0.2, -0.15) is 0 Å². The van der Waals surface area contributed by atoms with Crippen LogP contribution < -0.4 is 19.7 Å². The number of amidine groups is 1. The molecule has 0 fully saturated rings. The van der Waals surface area contributed by atoms with E-state index in [1.165, 1.54) is 12.0 Å². The number of amides is 2. The van der Waals surface area contributed by atoms with Crippen LogP contribution in [0.3, 0.4) is 0 Å². The van der Waals surface area contributed by atoms with Gasteiger partial charge in [-0.25, -0.2) is 4.99 Å². The van der Waals surface area contributed by atoms with Crippen LogP contribution >= 0.6 is 23.4 Å². The van der Waals surface area contributed by atoms with Crippen LogP contribution in [0.5, 0.6) is 11.5 Å². The molecular formula is C23H20ClN3O4S. The smallest absolute Gasteiger partial charge is 0.283 e. The molecule has 0 aromatic heterocycles. The zero-order chi connectivity index (χ0) is 23.1. The van der Waals surface area contributed by atoms with E-state index in [0.29, 0.717) is 27.4 Å². The molecule has 0 bridgehead atoms. The summed E-state index contributed by atoms with van der Waals surface area (Å²) in [5, 5.41) is 3.36. The number of terminal acetylenes is 1. The number of nitrogens with zero attached hydrogens (tertiary/aromatic N) is 2. The molecule has 2 amide bonds. The highest BCUT2D eigenvalue weighted by atomic mass is 35.5. The minimum absolute atomic E-state index is 0.0465. The zero-order valence-electron chi connectivity index (χ0n) is 17.4. The van der Waals surface area contributed by atoms with E-state index in [2.05, 4.69) is 16.2 Å². The zero-order valence-corrected chi connectivity index (χ0v) is 19.0. The summed E-state index contributed by atoms with van der Waals surface area (Å²) in [6.07, 6.45) is 6.85. The summed E-state index contributed by atoms with van der Waals surface area (Å²) in [6.45, 7) is 0.130. The minimum atomic E-state index is -0.336. The fourth-order valence-electron chi connectivity index (χ4n) is 2.80. The molecule has 2 aromatic rings. The van der Waals surface area contributed by atoms with Crippen molar-refractivity contribution in [3.05, 3.63) is 58.7 Å². The number of ether oxygens (including phenoxy) is 2. The number of methoxy groups -OCH3 is 2. The Morgan fingerprint density at radius 1 is 1.25 bits per heavy atom. The van der Waals surface area contributed by atoms with Crippen LogP contribution in [-0.4, -0.2) is 43.5 Å². The van der Waals surface area contributed by atoms with E-state index in [-0.39, 0.29) is 29.8 Å². The van der Waals surface area contributed by atoms with Crippen molar-refractivity contribution in [3.63, 3.8) is 0 Å². The van der Waals surface area contributed by atoms with Crippen molar-refractivity contribution < 1.29 is 19.1 Å². The van der Waals surface area contributed by atoms with E-state index in [0.717, 1.165) is 17.3 Å². The number of carbonyl (C=O) groups is 2. The lowest BCUT2D eigenvalue weighted by Gasteiger charge is -2.18. The summed E-state index contributed by atoms with van der Waals surface area (Å²) < 4.78 is 10.4. The van der Waals surface area contributed by atoms with Crippen molar-refractivity contribution in [3.8, 4) is 23.8 Å². The number of aliphatic imine (C=N–C) groups is 1. The number of carbonyl (C=O) groups excluding carboxylic acids is 2. The number of halogens is 1. The van der Waals surface area contributed by atoms with Crippen molar-refractivity contribution in [2.45, 2.75) is 0 Å². The molecule has 2 aromatic carbocycles. The predicted molar refractivity (Wildman–Crippen MR) is 128 cm³/mol. The summed E-state index contributed by atoms with van der Waals surface area (Å²) >= 11 is 7.26. The van der Waals surface area contributed by atoms with E-state index >= 15 is 0 Å². The Morgan fingerprint density at radius 2 is 2.00 bits per heavy atom. The lowest BCUT2D eigenvalue weighted by molar-refractivity contribution is -0.118. The molecule has 7 nitrogen and oxygen atoms in total. The molecule has 32 heavy (non-hydrogen) atoms. The van der Waals surface area contributed by atoms with Crippen molar-refractivity contribution in [1.82, 2.24) is 5.32 Å². The number of anilines is 1. The van der Waals surface area contributed by atoms with E-state index in [1.54, 1.807) is 43.5 Å². The van der Waals surface area contributed by atoms with Crippen molar-refractivity contribution in [2.24, 2.45) is 4.99 Å². The van der Waals surface area contributed by atoms with Crippen molar-refractivity contribution in [2.75, 3.05) is 31.4 Å². The number of hydrogen-bond acceptors (Lipinski definition) is 6. The summed E-state index contributed by atoms with van der Waals surface area (Å²) in [4.78, 5) is 31.2. The second-order valence-electron chi connectivity index (χ2n) is 6.43. The molecule has 1 N–H and O–H groups in total. The fraction of sp³-hybridized carbons (Fsp3) is 0.174. The Bertz CT molecular complexity index is 1120. The Kier molecular flexibility index (Phi) is 7.82. The Morgan fingerprint density at radius 3 is 2.66 bits per heavy atom. The first-order valence-corrected chi connectivity index (χ1v) is 10.8. The van der Waals surface area contributed by atoms with Gasteiger partial charge in [0.2, 0.25) is 5.91 Å². The lowest BCUT2D eigenvalue weighted by Crippen LogP contribution is -2.32. The molecule has 1 aliphatic rings. The maximum atomic E-state index is 13.2. The molecule has 1 aliphatic heterocycles. The lowest BCUT2D eigenvalue weighted by atomic mass is 10.2. The molecule has 0 saturated heterocycles. The molecule has 0 unspecified atom stereocenters. The number of thioether (sulfide) groups is 1. The average molecular weight is 470 g/mol. The van der Waals surface area contributed by atoms with Crippen LogP contribution in [-0.2, 0) is 9.59 Å². The molecule has 0 saturated carbocycles. The van der Waals surface area contributed by atoms with E-state index < -0.39 is 0 Å². The molecule has 3 rings (SSSR count). The van der Waals surface area contributed by atoms with Crippen LogP contribution in [0.2, 0.25) is 5.02 Å². The molecule has 0 spiro atoms. The minimum Gasteiger partial charge on any atom is -0.497 e. The molecular weight excluding hydrogens is 450 g/mol. The fourth-order valence-corrected chi connectivity index (χ4v) is 3.83. The summed E-state index contributed by atoms with van der Waals surface area (Å²) in [5.41, 5.74) is 1.53. The third-order valence-corrected chi connectivity index (χ3v) is 5.61. The van der Waals surface area contributed by atoms with Gasteiger partial charge >= 0.3 is 0 Å². The maximum Gasteiger partial charge on any atom is 0.283 e. The van der Waals surface area contributed by atoms with Gasteiger partial charge in [0.05, 0.1) is 37.2 Å². The predicted octanol–water partition coefficient (Wildman–Crippen LogP) is 3.58. The maximum absolute atomic E-state index is 13.2. The van der Waals surface area contributed by atoms with E-state index in [4.69, 9.17) is 27.5 Å². The first-order valence-electron chi connectivity index (χ1n) is 9.42. The van der Waals surface area contributed by atoms with Gasteiger partial charge in [0.25, 0.3) is 5.91 Å². The van der Waals surface area contributed by atoms with Gasteiger partial charge in [0.15, 0.2) is 5.17 Å². The highest BCUT2D eigenvalue weighted by Crippen LogP contribution is 2.34. The van der Waals surface area contributed by atoms with Gasteiger partial charge in [0, 0.05) is 6.07 Å². The van der Waals surface area contributed by atoms with Crippen LogP contribution in [0.15, 0.2) is 53.2 Å². The van der Waals surface area contributed by atoms with Gasteiger partial charge < -0.3 is 14.8 Å². The van der Waals surface area contributed by atoms with Gasteiger partial charge in [-0.3, -0.25) is 14.5 Å². The van der Waals surface area contributed by atoms with Crippen molar-refractivity contribution in [1.29, 1.82) is 0 Å². The monoisotopic (exact) mass is 469 g/mol. The van der Waals surface area contributed by atoms with Gasteiger partial charge in [0.1, 0.15) is 17.2 Å². The third-order valence-electron chi connectivity index (χ3n) is 4.36. The first kappa shape index (κ1) is 23.3. The molecule has 164 valence electrons.